The fourth-order valence-electron chi connectivity index (χ4n) is 2.55. The summed E-state index contributed by atoms with van der Waals surface area (Å²) < 4.78 is 0. The van der Waals surface area contributed by atoms with E-state index in [4.69, 9.17) is 5.73 Å². The number of hydrogen-bond acceptors (Lipinski definition) is 4. The number of rotatable bonds is 4. The highest BCUT2D eigenvalue weighted by Gasteiger charge is 2.22. The maximum atomic E-state index is 12.5. The van der Waals surface area contributed by atoms with Gasteiger partial charge in [0.1, 0.15) is 5.75 Å². The van der Waals surface area contributed by atoms with E-state index in [0.717, 1.165) is 44.7 Å². The number of nitrogens with zero attached hydrogens (tertiary/aromatic N) is 2. The normalized spacial score (nSPS) is 16.4. The molecule has 0 unspecified atom stereocenters. The van der Waals surface area contributed by atoms with E-state index in [0.29, 0.717) is 12.1 Å². The summed E-state index contributed by atoms with van der Waals surface area (Å²) in [4.78, 5) is 16.7. The number of benzene rings is 1. The molecule has 5 nitrogen and oxygen atoms in total. The number of aryl methyl sites for hydroxylation is 1. The van der Waals surface area contributed by atoms with Gasteiger partial charge in [-0.3, -0.25) is 9.69 Å². The van der Waals surface area contributed by atoms with Gasteiger partial charge in [0.15, 0.2) is 0 Å². The van der Waals surface area contributed by atoms with Crippen LogP contribution in [-0.2, 0) is 0 Å². The first-order valence-corrected chi connectivity index (χ1v) is 7.13. The molecule has 1 aliphatic rings. The Bertz CT molecular complexity index is 468. The fourth-order valence-corrected chi connectivity index (χ4v) is 2.55. The average Bonchev–Trinajstić information content (AvgIpc) is 2.45. The average molecular weight is 277 g/mol. The van der Waals surface area contributed by atoms with Crippen LogP contribution in [-0.4, -0.2) is 60.1 Å². The van der Waals surface area contributed by atoms with Crippen LogP contribution < -0.4 is 5.73 Å². The van der Waals surface area contributed by atoms with Crippen LogP contribution in [0.1, 0.15) is 22.3 Å². The van der Waals surface area contributed by atoms with Crippen molar-refractivity contribution in [1.29, 1.82) is 0 Å². The van der Waals surface area contributed by atoms with Crippen LogP contribution in [0.2, 0.25) is 0 Å². The summed E-state index contributed by atoms with van der Waals surface area (Å²) in [6.45, 7) is 6.90. The number of aromatic hydroxyl groups is 1. The molecule has 1 aliphatic heterocycles. The van der Waals surface area contributed by atoms with Crippen molar-refractivity contribution in [2.75, 3.05) is 39.3 Å². The summed E-state index contributed by atoms with van der Waals surface area (Å²) in [7, 11) is 0. The lowest BCUT2D eigenvalue weighted by Gasteiger charge is -2.35. The van der Waals surface area contributed by atoms with Crippen molar-refractivity contribution in [3.8, 4) is 5.75 Å². The summed E-state index contributed by atoms with van der Waals surface area (Å²) in [6, 6.07) is 4.90. The SMILES string of the molecule is Cc1cc(O)ccc1C(=O)N1CCN(CCCN)CC1. The van der Waals surface area contributed by atoms with Crippen LogP contribution in [0.15, 0.2) is 18.2 Å². The van der Waals surface area contributed by atoms with Crippen LogP contribution in [0.3, 0.4) is 0 Å². The number of carbonyl (C=O) groups excluding carboxylic acids is 1. The summed E-state index contributed by atoms with van der Waals surface area (Å²) in [5.74, 6) is 0.256. The van der Waals surface area contributed by atoms with Crippen molar-refractivity contribution in [2.24, 2.45) is 5.73 Å². The van der Waals surface area contributed by atoms with Crippen LogP contribution >= 0.6 is 0 Å². The van der Waals surface area contributed by atoms with Gasteiger partial charge in [0.05, 0.1) is 0 Å². The highest BCUT2D eigenvalue weighted by molar-refractivity contribution is 5.95. The third-order valence-corrected chi connectivity index (χ3v) is 3.78. The van der Waals surface area contributed by atoms with E-state index < -0.39 is 0 Å². The molecule has 1 aromatic rings. The van der Waals surface area contributed by atoms with Gasteiger partial charge in [-0.15, -0.1) is 0 Å². The molecule has 1 fully saturated rings. The van der Waals surface area contributed by atoms with Gasteiger partial charge >= 0.3 is 0 Å². The standard InChI is InChI=1S/C15H23N3O2/c1-12-11-13(19)3-4-14(12)15(20)18-9-7-17(8-10-18)6-2-5-16/h3-4,11,19H,2,5-10,16H2,1H3. The van der Waals surface area contributed by atoms with Crippen LogP contribution in [0.5, 0.6) is 5.75 Å². The number of phenols is 1. The second-order valence-corrected chi connectivity index (χ2v) is 5.28. The van der Waals surface area contributed by atoms with Gasteiger partial charge in [0, 0.05) is 31.7 Å². The molecule has 20 heavy (non-hydrogen) atoms. The largest absolute Gasteiger partial charge is 0.508 e. The number of nitrogens with two attached hydrogens (primary N) is 1. The van der Waals surface area contributed by atoms with E-state index in [1.807, 2.05) is 11.8 Å². The Balaban J connectivity index is 1.94. The Morgan fingerprint density at radius 2 is 2.00 bits per heavy atom. The van der Waals surface area contributed by atoms with Crippen molar-refractivity contribution in [2.45, 2.75) is 13.3 Å². The van der Waals surface area contributed by atoms with E-state index in [1.54, 1.807) is 18.2 Å². The lowest BCUT2D eigenvalue weighted by Crippen LogP contribution is -2.49. The van der Waals surface area contributed by atoms with Gasteiger partial charge in [-0.05, 0) is 50.2 Å². The van der Waals surface area contributed by atoms with Crippen molar-refractivity contribution >= 4 is 5.91 Å². The molecule has 110 valence electrons. The summed E-state index contributed by atoms with van der Waals surface area (Å²) in [5, 5.41) is 9.40. The lowest BCUT2D eigenvalue weighted by molar-refractivity contribution is 0.0636. The molecule has 3 N–H and O–H groups in total. The zero-order valence-corrected chi connectivity index (χ0v) is 12.0. The van der Waals surface area contributed by atoms with Gasteiger partial charge < -0.3 is 15.7 Å². The minimum Gasteiger partial charge on any atom is -0.508 e. The molecule has 1 heterocycles. The van der Waals surface area contributed by atoms with E-state index >= 15 is 0 Å². The Morgan fingerprint density at radius 1 is 1.30 bits per heavy atom. The summed E-state index contributed by atoms with van der Waals surface area (Å²) in [6.07, 6.45) is 1.00. The monoisotopic (exact) mass is 277 g/mol. The zero-order chi connectivity index (χ0) is 14.5. The molecule has 1 saturated heterocycles. The zero-order valence-electron chi connectivity index (χ0n) is 12.0. The molecule has 0 saturated carbocycles. The van der Waals surface area contributed by atoms with E-state index in [-0.39, 0.29) is 11.7 Å². The fraction of sp³-hybridized carbons (Fsp3) is 0.533. The number of hydrogen-bond donors (Lipinski definition) is 2. The first-order chi connectivity index (χ1) is 9.61. The van der Waals surface area contributed by atoms with Gasteiger partial charge in [0.2, 0.25) is 0 Å². The second-order valence-electron chi connectivity index (χ2n) is 5.28. The van der Waals surface area contributed by atoms with Crippen LogP contribution in [0.4, 0.5) is 0 Å². The molecule has 0 spiro atoms. The highest BCUT2D eigenvalue weighted by atomic mass is 16.3. The molecule has 1 amide bonds. The van der Waals surface area contributed by atoms with Gasteiger partial charge in [-0.1, -0.05) is 0 Å². The van der Waals surface area contributed by atoms with Gasteiger partial charge in [0.25, 0.3) is 5.91 Å². The van der Waals surface area contributed by atoms with E-state index in [9.17, 15) is 9.90 Å². The molecular weight excluding hydrogens is 254 g/mol. The number of carbonyl (C=O) groups is 1. The molecule has 0 aliphatic carbocycles. The number of amides is 1. The summed E-state index contributed by atoms with van der Waals surface area (Å²) in [5.41, 5.74) is 7.01. The van der Waals surface area contributed by atoms with Gasteiger partial charge in [-0.25, -0.2) is 0 Å². The smallest absolute Gasteiger partial charge is 0.254 e. The molecule has 2 rings (SSSR count). The van der Waals surface area contributed by atoms with E-state index in [2.05, 4.69) is 4.90 Å². The molecule has 0 radical (unpaired) electrons. The molecular formula is C15H23N3O2. The first-order valence-electron chi connectivity index (χ1n) is 7.13. The topological polar surface area (TPSA) is 69.8 Å². The first kappa shape index (κ1) is 14.8. The Morgan fingerprint density at radius 3 is 2.60 bits per heavy atom. The third-order valence-electron chi connectivity index (χ3n) is 3.78. The molecule has 0 aromatic heterocycles. The minimum atomic E-state index is 0.0565. The summed E-state index contributed by atoms with van der Waals surface area (Å²) >= 11 is 0. The van der Waals surface area contributed by atoms with Crippen LogP contribution in [0, 0.1) is 6.92 Å². The number of piperazine rings is 1. The lowest BCUT2D eigenvalue weighted by atomic mass is 10.1. The van der Waals surface area contributed by atoms with Crippen molar-refractivity contribution in [1.82, 2.24) is 9.80 Å². The van der Waals surface area contributed by atoms with Crippen LogP contribution in [0.25, 0.3) is 0 Å². The predicted molar refractivity (Wildman–Crippen MR) is 78.9 cm³/mol. The Kier molecular flexibility index (Phi) is 4.98. The molecule has 5 heteroatoms. The Hall–Kier alpha value is -1.59. The third kappa shape index (κ3) is 3.49. The van der Waals surface area contributed by atoms with E-state index in [1.165, 1.54) is 0 Å². The maximum Gasteiger partial charge on any atom is 0.254 e. The number of phenolic OH excluding ortho intramolecular Hbond substituents is 1. The van der Waals surface area contributed by atoms with Crippen molar-refractivity contribution < 1.29 is 9.90 Å². The quantitative estimate of drug-likeness (QED) is 0.854. The molecule has 0 atom stereocenters. The van der Waals surface area contributed by atoms with Crippen molar-refractivity contribution in [3.05, 3.63) is 29.3 Å². The molecule has 1 aromatic carbocycles. The maximum absolute atomic E-state index is 12.5. The minimum absolute atomic E-state index is 0.0565. The second kappa shape index (κ2) is 6.72. The molecule has 0 bridgehead atoms. The van der Waals surface area contributed by atoms with Crippen molar-refractivity contribution in [3.63, 3.8) is 0 Å². The van der Waals surface area contributed by atoms with Gasteiger partial charge in [-0.2, -0.15) is 0 Å². The predicted octanol–water partition coefficient (Wildman–Crippen LogP) is 0.807. The Labute approximate surface area is 120 Å². The highest BCUT2D eigenvalue weighted by Crippen LogP contribution is 2.18.